The second kappa shape index (κ2) is 9.98. The molecule has 0 radical (unpaired) electrons. The van der Waals surface area contributed by atoms with E-state index in [1.54, 1.807) is 13.8 Å². The van der Waals surface area contributed by atoms with Crippen molar-refractivity contribution >= 4 is 20.2 Å². The third-order valence-electron chi connectivity index (χ3n) is 1.39. The van der Waals surface area contributed by atoms with Crippen LogP contribution in [0.25, 0.3) is 0 Å². The minimum absolute atomic E-state index is 0.685. The Balaban J connectivity index is 0. The van der Waals surface area contributed by atoms with E-state index in [1.165, 1.54) is 0 Å². The summed E-state index contributed by atoms with van der Waals surface area (Å²) in [5.41, 5.74) is 3.48. The summed E-state index contributed by atoms with van der Waals surface area (Å²) in [5, 5.41) is 21.9. The lowest BCUT2D eigenvalue weighted by Crippen LogP contribution is -2.07. The van der Waals surface area contributed by atoms with E-state index < -0.39 is 8.80 Å². The average Bonchev–Trinajstić information content (AvgIpc) is 2.18. The molecule has 0 spiro atoms. The zero-order valence-corrected chi connectivity index (χ0v) is 10.5. The molecule has 0 fully saturated rings. The monoisotopic (exact) mass is 216 g/mol. The largest absolute Gasteiger partial charge is 0.411 e. The zero-order chi connectivity index (χ0) is 11.6. The molecule has 0 bridgehead atoms. The number of hydrogen-bond acceptors (Lipinski definition) is 4. The third kappa shape index (κ3) is 13.5. The van der Waals surface area contributed by atoms with Gasteiger partial charge in [0, 0.05) is 0 Å². The lowest BCUT2D eigenvalue weighted by molar-refractivity contribution is 0.318. The SMILES string of the molecule is C=C[SiH](C)CC(C)=NO.CC(C)=NO. The molecule has 0 saturated carbocycles. The fraction of sp³-hybridized carbons (Fsp3) is 0.556. The van der Waals surface area contributed by atoms with Gasteiger partial charge in [0.15, 0.2) is 0 Å². The Morgan fingerprint density at radius 3 is 1.93 bits per heavy atom. The summed E-state index contributed by atoms with van der Waals surface area (Å²) < 4.78 is 0. The van der Waals surface area contributed by atoms with E-state index >= 15 is 0 Å². The highest BCUT2D eigenvalue weighted by atomic mass is 28.3. The molecule has 0 aromatic heterocycles. The summed E-state index contributed by atoms with van der Waals surface area (Å²) in [6.45, 7) is 11.1. The first-order valence-electron chi connectivity index (χ1n) is 4.43. The smallest absolute Gasteiger partial charge is 0.0634 e. The minimum Gasteiger partial charge on any atom is -0.411 e. The van der Waals surface area contributed by atoms with Crippen molar-refractivity contribution in [3.63, 3.8) is 0 Å². The van der Waals surface area contributed by atoms with Crippen LogP contribution in [0.3, 0.4) is 0 Å². The average molecular weight is 216 g/mol. The van der Waals surface area contributed by atoms with Gasteiger partial charge >= 0.3 is 0 Å². The Morgan fingerprint density at radius 1 is 1.29 bits per heavy atom. The van der Waals surface area contributed by atoms with Gasteiger partial charge < -0.3 is 10.4 Å². The van der Waals surface area contributed by atoms with Crippen molar-refractivity contribution in [2.75, 3.05) is 0 Å². The summed E-state index contributed by atoms with van der Waals surface area (Å²) in [5.74, 6) is 0. The van der Waals surface area contributed by atoms with Gasteiger partial charge in [-0.05, 0) is 26.8 Å². The molecular formula is C9H20N2O2Si. The maximum absolute atomic E-state index is 8.26. The molecule has 0 aliphatic heterocycles. The van der Waals surface area contributed by atoms with Crippen LogP contribution in [0.4, 0.5) is 0 Å². The van der Waals surface area contributed by atoms with Crippen molar-refractivity contribution in [2.24, 2.45) is 10.3 Å². The van der Waals surface area contributed by atoms with Crippen molar-refractivity contribution in [3.8, 4) is 0 Å². The molecule has 0 aromatic rings. The molecule has 82 valence electrons. The summed E-state index contributed by atoms with van der Waals surface area (Å²) in [6, 6.07) is 0.931. The van der Waals surface area contributed by atoms with Gasteiger partial charge in [0.2, 0.25) is 0 Å². The van der Waals surface area contributed by atoms with Crippen molar-refractivity contribution in [2.45, 2.75) is 33.4 Å². The summed E-state index contributed by atoms with van der Waals surface area (Å²) in [4.78, 5) is 0. The van der Waals surface area contributed by atoms with Crippen LogP contribution in [0, 0.1) is 0 Å². The lowest BCUT2D eigenvalue weighted by Gasteiger charge is -1.99. The first-order chi connectivity index (χ1) is 6.47. The van der Waals surface area contributed by atoms with E-state index in [2.05, 4.69) is 23.4 Å². The van der Waals surface area contributed by atoms with Gasteiger partial charge in [0.1, 0.15) is 0 Å². The van der Waals surface area contributed by atoms with E-state index in [0.717, 1.165) is 11.8 Å². The van der Waals surface area contributed by atoms with E-state index in [-0.39, 0.29) is 0 Å². The molecule has 0 rings (SSSR count). The fourth-order valence-corrected chi connectivity index (χ4v) is 1.77. The minimum atomic E-state index is -0.784. The molecule has 4 nitrogen and oxygen atoms in total. The summed E-state index contributed by atoms with van der Waals surface area (Å²) >= 11 is 0. The molecule has 0 heterocycles. The third-order valence-corrected chi connectivity index (χ3v) is 3.43. The molecular weight excluding hydrogens is 196 g/mol. The van der Waals surface area contributed by atoms with Crippen LogP contribution in [0.5, 0.6) is 0 Å². The second-order valence-corrected chi connectivity index (χ2v) is 6.13. The van der Waals surface area contributed by atoms with E-state index in [0.29, 0.717) is 5.71 Å². The predicted molar refractivity (Wildman–Crippen MR) is 63.5 cm³/mol. The fourth-order valence-electron chi connectivity index (χ4n) is 0.590. The maximum Gasteiger partial charge on any atom is 0.0634 e. The topological polar surface area (TPSA) is 65.2 Å². The Bertz CT molecular complexity index is 211. The number of hydrogen-bond donors (Lipinski definition) is 2. The van der Waals surface area contributed by atoms with Crippen LogP contribution >= 0.6 is 0 Å². The number of oxime groups is 2. The molecule has 14 heavy (non-hydrogen) atoms. The second-order valence-electron chi connectivity index (χ2n) is 3.30. The van der Waals surface area contributed by atoms with Crippen molar-refractivity contribution < 1.29 is 10.4 Å². The predicted octanol–water partition coefficient (Wildman–Crippen LogP) is 2.27. The van der Waals surface area contributed by atoms with Crippen LogP contribution in [0.1, 0.15) is 20.8 Å². The van der Waals surface area contributed by atoms with Crippen LogP contribution in [-0.2, 0) is 0 Å². The zero-order valence-electron chi connectivity index (χ0n) is 9.36. The van der Waals surface area contributed by atoms with E-state index in [1.807, 2.05) is 12.6 Å². The van der Waals surface area contributed by atoms with E-state index in [4.69, 9.17) is 10.4 Å². The molecule has 1 atom stereocenters. The maximum atomic E-state index is 8.26. The van der Waals surface area contributed by atoms with Gasteiger partial charge in [-0.25, -0.2) is 0 Å². The summed E-state index contributed by atoms with van der Waals surface area (Å²) in [6.07, 6.45) is 0. The molecule has 1 unspecified atom stereocenters. The lowest BCUT2D eigenvalue weighted by atomic mass is 10.5. The Hall–Kier alpha value is -1.10. The quantitative estimate of drug-likeness (QED) is 0.329. The molecule has 0 aliphatic rings. The number of nitrogens with zero attached hydrogens (tertiary/aromatic N) is 2. The van der Waals surface area contributed by atoms with Crippen LogP contribution < -0.4 is 0 Å². The molecule has 0 saturated heterocycles. The van der Waals surface area contributed by atoms with Crippen LogP contribution in [0.15, 0.2) is 22.6 Å². The Labute approximate surface area is 87.2 Å². The van der Waals surface area contributed by atoms with Gasteiger partial charge in [-0.1, -0.05) is 16.9 Å². The highest BCUT2D eigenvalue weighted by Crippen LogP contribution is 1.94. The molecule has 0 aromatic carbocycles. The van der Waals surface area contributed by atoms with Gasteiger partial charge in [-0.2, -0.15) is 0 Å². The highest BCUT2D eigenvalue weighted by Gasteiger charge is 1.99. The number of rotatable bonds is 3. The van der Waals surface area contributed by atoms with Gasteiger partial charge in [-0.3, -0.25) is 0 Å². The standard InChI is InChI=1S/C6H13NOSi.C3H7NO/c1-4-9(3)5-6(2)7-8;1-3(2)4-5/h4,8-9H,1,5H2,2-3H3;5H,1-2H3. The van der Waals surface area contributed by atoms with Gasteiger partial charge in [-0.15, -0.1) is 12.3 Å². The first-order valence-corrected chi connectivity index (χ1v) is 7.07. The van der Waals surface area contributed by atoms with Gasteiger partial charge in [0.05, 0.1) is 20.2 Å². The summed E-state index contributed by atoms with van der Waals surface area (Å²) in [7, 11) is -0.784. The normalized spacial score (nSPS) is 12.1. The molecule has 2 N–H and O–H groups in total. The van der Waals surface area contributed by atoms with Crippen molar-refractivity contribution in [3.05, 3.63) is 12.3 Å². The highest BCUT2D eigenvalue weighted by molar-refractivity contribution is 6.66. The van der Waals surface area contributed by atoms with Gasteiger partial charge in [0.25, 0.3) is 0 Å². The molecule has 0 amide bonds. The van der Waals surface area contributed by atoms with Crippen LogP contribution in [0.2, 0.25) is 12.6 Å². The van der Waals surface area contributed by atoms with E-state index in [9.17, 15) is 0 Å². The van der Waals surface area contributed by atoms with Crippen molar-refractivity contribution in [1.82, 2.24) is 0 Å². The molecule has 5 heteroatoms. The Morgan fingerprint density at radius 2 is 1.71 bits per heavy atom. The molecule has 0 aliphatic carbocycles. The first kappa shape index (κ1) is 15.4. The van der Waals surface area contributed by atoms with Crippen molar-refractivity contribution in [1.29, 1.82) is 0 Å². The Kier molecular flexibility index (Phi) is 11.0. The van der Waals surface area contributed by atoms with Crippen LogP contribution in [-0.4, -0.2) is 30.6 Å².